The third kappa shape index (κ3) is 2.84. The molecule has 36 heavy (non-hydrogen) atoms. The molecule has 9 rings (SSSR count). The first-order valence-electron chi connectivity index (χ1n) is 13.4. The van der Waals surface area contributed by atoms with Crippen LogP contribution < -0.4 is 0 Å². The predicted octanol–water partition coefficient (Wildman–Crippen LogP) is 10.0. The average Bonchev–Trinajstić information content (AvgIpc) is 3.19. The number of hydrogen-bond acceptors (Lipinski definition) is 0. The van der Waals surface area contributed by atoms with Gasteiger partial charge in [0, 0.05) is 15.5 Å². The van der Waals surface area contributed by atoms with Crippen LogP contribution in [0.15, 0.2) is 84.9 Å². The number of rotatable bonds is 2. The molecule has 5 aliphatic rings. The molecule has 4 bridgehead atoms. The van der Waals surface area contributed by atoms with Crippen molar-refractivity contribution in [1.82, 2.24) is 0 Å². The van der Waals surface area contributed by atoms with Crippen molar-refractivity contribution in [2.24, 2.45) is 23.7 Å². The van der Waals surface area contributed by atoms with Gasteiger partial charge in [-0.25, -0.2) is 0 Å². The van der Waals surface area contributed by atoms with Gasteiger partial charge in [0.05, 0.1) is 0 Å². The molecule has 0 aromatic heterocycles. The lowest BCUT2D eigenvalue weighted by molar-refractivity contribution is -0.0399. The molecule has 0 saturated heterocycles. The summed E-state index contributed by atoms with van der Waals surface area (Å²) in [5.74, 6) is 3.36. The molecule has 0 aliphatic heterocycles. The Kier molecular flexibility index (Phi) is 4.63. The molecule has 1 spiro atoms. The van der Waals surface area contributed by atoms with E-state index < -0.39 is 0 Å². The zero-order valence-electron chi connectivity index (χ0n) is 20.2. The summed E-state index contributed by atoms with van der Waals surface area (Å²) >= 11 is 12.6. The molecule has 5 aliphatic carbocycles. The van der Waals surface area contributed by atoms with Crippen molar-refractivity contribution in [3.8, 4) is 33.4 Å². The van der Waals surface area contributed by atoms with Crippen molar-refractivity contribution < 1.29 is 0 Å². The quantitative estimate of drug-likeness (QED) is 0.253. The van der Waals surface area contributed by atoms with E-state index in [1.54, 1.807) is 11.1 Å². The largest absolute Gasteiger partial charge is 0.0843 e. The lowest BCUT2D eigenvalue weighted by Gasteiger charge is -2.61. The third-order valence-electron chi connectivity index (χ3n) is 10.0. The highest BCUT2D eigenvalue weighted by Gasteiger charge is 2.62. The van der Waals surface area contributed by atoms with Gasteiger partial charge in [-0.1, -0.05) is 83.9 Å². The summed E-state index contributed by atoms with van der Waals surface area (Å²) in [5, 5.41) is 1.57. The maximum atomic E-state index is 6.30. The minimum Gasteiger partial charge on any atom is -0.0843 e. The monoisotopic (exact) mass is 506 g/mol. The standard InChI is InChI=1S/C34H28Cl2/c35-26-11-7-22(8-12-26)28-3-1-5-30-32(28)33-29(23-9-13-27(36)14-10-23)4-2-6-31(33)34(30)24-16-20-15-21(18-24)19-25(34)17-20/h1-14,20-21,24-25H,15-19H2. The van der Waals surface area contributed by atoms with Gasteiger partial charge >= 0.3 is 0 Å². The van der Waals surface area contributed by atoms with Crippen molar-refractivity contribution in [3.63, 3.8) is 0 Å². The molecule has 0 heterocycles. The minimum atomic E-state index is 0.142. The number of halogens is 2. The molecule has 4 saturated carbocycles. The van der Waals surface area contributed by atoms with Crippen LogP contribution >= 0.6 is 23.2 Å². The SMILES string of the molecule is Clc1ccc(-c2cccc3c2-c2c(-c4ccc(Cl)cc4)cccc2C32C3CC4CC(C3)CC2C4)cc1. The Labute approximate surface area is 223 Å². The van der Waals surface area contributed by atoms with Gasteiger partial charge in [-0.15, -0.1) is 0 Å². The lowest BCUT2D eigenvalue weighted by atomic mass is 9.43. The predicted molar refractivity (Wildman–Crippen MR) is 151 cm³/mol. The summed E-state index contributed by atoms with van der Waals surface area (Å²) in [6, 6.07) is 31.0. The van der Waals surface area contributed by atoms with Gasteiger partial charge in [0.2, 0.25) is 0 Å². The summed E-state index contributed by atoms with van der Waals surface area (Å²) in [7, 11) is 0. The highest BCUT2D eigenvalue weighted by Crippen LogP contribution is 2.70. The first-order valence-corrected chi connectivity index (χ1v) is 14.2. The van der Waals surface area contributed by atoms with Crippen LogP contribution in [0, 0.1) is 23.7 Å². The second kappa shape index (κ2) is 7.73. The summed E-state index contributed by atoms with van der Waals surface area (Å²) in [4.78, 5) is 0. The Morgan fingerprint density at radius 1 is 0.500 bits per heavy atom. The van der Waals surface area contributed by atoms with Crippen molar-refractivity contribution in [1.29, 1.82) is 0 Å². The van der Waals surface area contributed by atoms with Gasteiger partial charge in [0.25, 0.3) is 0 Å². The number of fused-ring (bicyclic) bond motifs is 3. The Balaban J connectivity index is 1.46. The molecular formula is C34H28Cl2. The second-order valence-corrected chi connectivity index (χ2v) is 12.5. The molecule has 0 radical (unpaired) electrons. The van der Waals surface area contributed by atoms with Crippen molar-refractivity contribution in [2.75, 3.05) is 0 Å². The highest BCUT2D eigenvalue weighted by atomic mass is 35.5. The Morgan fingerprint density at radius 3 is 1.33 bits per heavy atom. The fraction of sp³-hybridized carbons (Fsp3) is 0.294. The van der Waals surface area contributed by atoms with E-state index in [-0.39, 0.29) is 5.41 Å². The molecule has 0 N–H and O–H groups in total. The summed E-state index contributed by atoms with van der Waals surface area (Å²) in [6.07, 6.45) is 7.04. The van der Waals surface area contributed by atoms with Crippen LogP contribution in [0.2, 0.25) is 10.0 Å². The van der Waals surface area contributed by atoms with Crippen LogP contribution in [0.25, 0.3) is 33.4 Å². The first kappa shape index (κ1) is 21.5. The maximum Gasteiger partial charge on any atom is 0.0406 e. The molecule has 0 nitrogen and oxygen atoms in total. The molecule has 4 aromatic carbocycles. The first-order chi connectivity index (χ1) is 17.6. The molecule has 4 aromatic rings. The molecular weight excluding hydrogens is 479 g/mol. The average molecular weight is 508 g/mol. The van der Waals surface area contributed by atoms with E-state index in [1.165, 1.54) is 65.5 Å². The zero-order valence-corrected chi connectivity index (χ0v) is 21.7. The lowest BCUT2D eigenvalue weighted by Crippen LogP contribution is -2.55. The van der Waals surface area contributed by atoms with Gasteiger partial charge in [0.1, 0.15) is 0 Å². The summed E-state index contributed by atoms with van der Waals surface area (Å²) in [5.41, 5.74) is 11.4. The van der Waals surface area contributed by atoms with Crippen LogP contribution in [-0.2, 0) is 5.41 Å². The topological polar surface area (TPSA) is 0 Å². The van der Waals surface area contributed by atoms with Crippen LogP contribution in [-0.4, -0.2) is 0 Å². The van der Waals surface area contributed by atoms with Crippen LogP contribution in [0.1, 0.15) is 43.2 Å². The van der Waals surface area contributed by atoms with Gasteiger partial charge < -0.3 is 0 Å². The van der Waals surface area contributed by atoms with Gasteiger partial charge in [-0.3, -0.25) is 0 Å². The van der Waals surface area contributed by atoms with E-state index in [2.05, 4.69) is 60.7 Å². The minimum absolute atomic E-state index is 0.142. The molecule has 0 amide bonds. The molecule has 4 fully saturated rings. The molecule has 2 heteroatoms. The fourth-order valence-electron chi connectivity index (χ4n) is 9.03. The Hall–Kier alpha value is -2.54. The third-order valence-corrected chi connectivity index (χ3v) is 10.5. The van der Waals surface area contributed by atoms with E-state index >= 15 is 0 Å². The highest BCUT2D eigenvalue weighted by molar-refractivity contribution is 6.31. The van der Waals surface area contributed by atoms with Crippen molar-refractivity contribution in [3.05, 3.63) is 106 Å². The van der Waals surface area contributed by atoms with E-state index in [0.717, 1.165) is 33.7 Å². The van der Waals surface area contributed by atoms with Crippen LogP contribution in [0.4, 0.5) is 0 Å². The van der Waals surface area contributed by atoms with Crippen LogP contribution in [0.3, 0.4) is 0 Å². The molecule has 0 atom stereocenters. The maximum absolute atomic E-state index is 6.30. The second-order valence-electron chi connectivity index (χ2n) is 11.6. The van der Waals surface area contributed by atoms with Gasteiger partial charge in [0.15, 0.2) is 0 Å². The Morgan fingerprint density at radius 2 is 0.917 bits per heavy atom. The van der Waals surface area contributed by atoms with Gasteiger partial charge in [-0.05, 0) is 125 Å². The molecule has 0 unspecified atom stereocenters. The van der Waals surface area contributed by atoms with Crippen molar-refractivity contribution >= 4 is 23.2 Å². The van der Waals surface area contributed by atoms with E-state index in [9.17, 15) is 0 Å². The number of hydrogen-bond donors (Lipinski definition) is 0. The smallest absolute Gasteiger partial charge is 0.0406 e. The van der Waals surface area contributed by atoms with E-state index in [1.807, 2.05) is 24.3 Å². The fourth-order valence-corrected chi connectivity index (χ4v) is 9.28. The summed E-state index contributed by atoms with van der Waals surface area (Å²) < 4.78 is 0. The van der Waals surface area contributed by atoms with Crippen molar-refractivity contribution in [2.45, 2.75) is 37.5 Å². The summed E-state index contributed by atoms with van der Waals surface area (Å²) in [6.45, 7) is 0. The normalized spacial score (nSPS) is 26.3. The number of benzene rings is 4. The van der Waals surface area contributed by atoms with Crippen LogP contribution in [0.5, 0.6) is 0 Å². The zero-order chi connectivity index (χ0) is 24.0. The van der Waals surface area contributed by atoms with Gasteiger partial charge in [-0.2, -0.15) is 0 Å². The molecule has 178 valence electrons. The van der Waals surface area contributed by atoms with E-state index in [0.29, 0.717) is 0 Å². The van der Waals surface area contributed by atoms with E-state index in [4.69, 9.17) is 23.2 Å². The Bertz CT molecular complexity index is 1370.